The summed E-state index contributed by atoms with van der Waals surface area (Å²) in [5.41, 5.74) is 1.32. The first kappa shape index (κ1) is 26.8. The molecule has 0 bridgehead atoms. The van der Waals surface area contributed by atoms with E-state index in [1.165, 1.54) is 48.5 Å². The van der Waals surface area contributed by atoms with Crippen LogP contribution >= 0.6 is 0 Å². The Labute approximate surface area is 215 Å². The standard InChI is InChI=1S/C24H24N2O8S3/c1-16-2-7-20(8-3-16)36(30,31)23(24(27)26-18-12-13-35(28,29)15-18)14-19-6-11-22(34-19)17-4-9-21(10-5-17)37(25,32)33/h2-11,14,18H,12-13,15H2,1H3,(H,26,27)(H2,25,32,33)/b23-14+. The minimum Gasteiger partial charge on any atom is -0.457 e. The van der Waals surface area contributed by atoms with Crippen molar-refractivity contribution in [3.8, 4) is 11.3 Å². The van der Waals surface area contributed by atoms with Gasteiger partial charge in [0, 0.05) is 17.7 Å². The van der Waals surface area contributed by atoms with Gasteiger partial charge >= 0.3 is 0 Å². The maximum atomic E-state index is 13.4. The smallest absolute Gasteiger partial charge is 0.263 e. The van der Waals surface area contributed by atoms with Gasteiger partial charge in [0.1, 0.15) is 16.4 Å². The van der Waals surface area contributed by atoms with Crippen LogP contribution in [-0.2, 0) is 34.5 Å². The molecule has 0 spiro atoms. The van der Waals surface area contributed by atoms with Crippen LogP contribution in [0, 0.1) is 6.92 Å². The highest BCUT2D eigenvalue weighted by Crippen LogP contribution is 2.28. The molecule has 196 valence electrons. The van der Waals surface area contributed by atoms with Crippen LogP contribution in [0.15, 0.2) is 79.8 Å². The number of nitrogens with one attached hydrogen (secondary N) is 1. The van der Waals surface area contributed by atoms with E-state index >= 15 is 0 Å². The number of amides is 1. The number of carbonyl (C=O) groups excluding carboxylic acids is 1. The number of carbonyl (C=O) groups is 1. The zero-order valence-electron chi connectivity index (χ0n) is 19.6. The number of hydrogen-bond acceptors (Lipinski definition) is 8. The molecule has 1 aromatic heterocycles. The highest BCUT2D eigenvalue weighted by atomic mass is 32.2. The van der Waals surface area contributed by atoms with E-state index in [1.54, 1.807) is 19.1 Å². The van der Waals surface area contributed by atoms with Crippen molar-refractivity contribution >= 4 is 41.7 Å². The second-order valence-corrected chi connectivity index (χ2v) is 14.4. The first-order valence-electron chi connectivity index (χ1n) is 11.0. The third-order valence-corrected chi connectivity index (χ3v) is 10.3. The maximum Gasteiger partial charge on any atom is 0.263 e. The molecule has 10 nitrogen and oxygen atoms in total. The van der Waals surface area contributed by atoms with E-state index in [1.807, 2.05) is 0 Å². The lowest BCUT2D eigenvalue weighted by Crippen LogP contribution is -2.38. The van der Waals surface area contributed by atoms with Crippen LogP contribution < -0.4 is 10.5 Å². The van der Waals surface area contributed by atoms with Gasteiger partial charge in [-0.3, -0.25) is 4.79 Å². The fourth-order valence-corrected chi connectivity index (χ4v) is 7.31. The molecule has 1 unspecified atom stereocenters. The number of nitrogens with two attached hydrogens (primary N) is 1. The molecule has 1 aliphatic heterocycles. The summed E-state index contributed by atoms with van der Waals surface area (Å²) in [6.45, 7) is 1.79. The van der Waals surface area contributed by atoms with Crippen LogP contribution in [0.25, 0.3) is 17.4 Å². The molecule has 37 heavy (non-hydrogen) atoms. The van der Waals surface area contributed by atoms with Crippen LogP contribution in [0.4, 0.5) is 0 Å². The Bertz CT molecular complexity index is 1690. The molecule has 1 saturated heterocycles. The number of aryl methyl sites for hydroxylation is 1. The van der Waals surface area contributed by atoms with Crippen molar-refractivity contribution in [3.05, 3.63) is 76.9 Å². The molecular weight excluding hydrogens is 540 g/mol. The summed E-state index contributed by atoms with van der Waals surface area (Å²) in [6, 6.07) is 13.8. The SMILES string of the molecule is Cc1ccc(S(=O)(=O)/C(=C/c2ccc(-c3ccc(S(N)(=O)=O)cc3)o2)C(=O)NC2CCS(=O)(=O)C2)cc1. The quantitative estimate of drug-likeness (QED) is 0.410. The summed E-state index contributed by atoms with van der Waals surface area (Å²) >= 11 is 0. The van der Waals surface area contributed by atoms with Crippen molar-refractivity contribution in [1.29, 1.82) is 0 Å². The van der Waals surface area contributed by atoms with E-state index in [0.717, 1.165) is 11.6 Å². The van der Waals surface area contributed by atoms with Crippen LogP contribution in [0.1, 0.15) is 17.7 Å². The number of rotatable bonds is 7. The Balaban J connectivity index is 1.70. The predicted octanol–water partition coefficient (Wildman–Crippen LogP) is 2.02. The molecule has 1 amide bonds. The van der Waals surface area contributed by atoms with Gasteiger partial charge in [-0.1, -0.05) is 17.7 Å². The van der Waals surface area contributed by atoms with Gasteiger partial charge in [0.05, 0.1) is 21.3 Å². The van der Waals surface area contributed by atoms with Crippen LogP contribution in [0.3, 0.4) is 0 Å². The van der Waals surface area contributed by atoms with Crippen molar-refractivity contribution in [2.45, 2.75) is 29.2 Å². The van der Waals surface area contributed by atoms with Gasteiger partial charge in [0.2, 0.25) is 19.9 Å². The van der Waals surface area contributed by atoms with Crippen LogP contribution in [0.2, 0.25) is 0 Å². The molecule has 0 radical (unpaired) electrons. The summed E-state index contributed by atoms with van der Waals surface area (Å²) in [5.74, 6) is -0.964. The van der Waals surface area contributed by atoms with E-state index in [-0.39, 0.29) is 33.5 Å². The van der Waals surface area contributed by atoms with E-state index in [2.05, 4.69) is 5.32 Å². The number of furan rings is 1. The third-order valence-electron chi connectivity index (χ3n) is 5.78. The molecule has 1 aliphatic rings. The van der Waals surface area contributed by atoms with Crippen molar-refractivity contribution in [1.82, 2.24) is 5.32 Å². The first-order chi connectivity index (χ1) is 17.2. The Morgan fingerprint density at radius 2 is 1.59 bits per heavy atom. The minimum absolute atomic E-state index is 0.0467. The zero-order valence-corrected chi connectivity index (χ0v) is 22.1. The summed E-state index contributed by atoms with van der Waals surface area (Å²) in [5, 5.41) is 7.64. The van der Waals surface area contributed by atoms with Gasteiger partial charge in [-0.05, 0) is 61.9 Å². The van der Waals surface area contributed by atoms with E-state index < -0.39 is 46.6 Å². The summed E-state index contributed by atoms with van der Waals surface area (Å²) < 4.78 is 79.2. The molecule has 3 N–H and O–H groups in total. The zero-order chi connectivity index (χ0) is 27.0. The summed E-state index contributed by atoms with van der Waals surface area (Å²) in [6.07, 6.45) is 1.27. The van der Waals surface area contributed by atoms with Crippen molar-refractivity contribution in [2.24, 2.45) is 5.14 Å². The topological polar surface area (TPSA) is 171 Å². The first-order valence-corrected chi connectivity index (χ1v) is 15.9. The van der Waals surface area contributed by atoms with Crippen molar-refractivity contribution in [3.63, 3.8) is 0 Å². The van der Waals surface area contributed by atoms with Gasteiger partial charge in [0.15, 0.2) is 9.84 Å². The minimum atomic E-state index is -4.30. The van der Waals surface area contributed by atoms with Gasteiger partial charge in [-0.15, -0.1) is 0 Å². The van der Waals surface area contributed by atoms with Crippen LogP contribution in [0.5, 0.6) is 0 Å². The molecule has 0 saturated carbocycles. The molecule has 1 fully saturated rings. The molecule has 0 aliphatic carbocycles. The molecule has 2 heterocycles. The lowest BCUT2D eigenvalue weighted by Gasteiger charge is -2.14. The second-order valence-electron chi connectivity index (χ2n) is 8.67. The number of hydrogen-bond donors (Lipinski definition) is 2. The number of benzene rings is 2. The van der Waals surface area contributed by atoms with Crippen molar-refractivity contribution < 1.29 is 34.5 Å². The predicted molar refractivity (Wildman–Crippen MR) is 137 cm³/mol. The van der Waals surface area contributed by atoms with E-state index in [0.29, 0.717) is 11.3 Å². The Morgan fingerprint density at radius 1 is 0.973 bits per heavy atom. The number of sulfone groups is 2. The summed E-state index contributed by atoms with van der Waals surface area (Å²) in [7, 11) is -11.5. The lowest BCUT2D eigenvalue weighted by molar-refractivity contribution is -0.117. The molecule has 3 aromatic rings. The average Bonchev–Trinajstić information content (AvgIpc) is 3.43. The molecule has 13 heteroatoms. The largest absolute Gasteiger partial charge is 0.457 e. The number of sulfonamides is 1. The Morgan fingerprint density at radius 3 is 2.16 bits per heavy atom. The normalized spacial score (nSPS) is 18.0. The highest BCUT2D eigenvalue weighted by molar-refractivity contribution is 7.96. The summed E-state index contributed by atoms with van der Waals surface area (Å²) in [4.78, 5) is 12.3. The second kappa shape index (κ2) is 9.89. The third kappa shape index (κ3) is 6.18. The highest BCUT2D eigenvalue weighted by Gasteiger charge is 2.33. The van der Waals surface area contributed by atoms with Crippen molar-refractivity contribution in [2.75, 3.05) is 11.5 Å². The fraction of sp³-hybridized carbons (Fsp3) is 0.208. The monoisotopic (exact) mass is 564 g/mol. The Kier molecular flexibility index (Phi) is 7.16. The molecule has 1 atom stereocenters. The number of primary sulfonamides is 1. The van der Waals surface area contributed by atoms with Gasteiger partial charge in [-0.2, -0.15) is 0 Å². The molecular formula is C24H24N2O8S3. The average molecular weight is 565 g/mol. The maximum absolute atomic E-state index is 13.4. The molecule has 2 aromatic carbocycles. The van der Waals surface area contributed by atoms with Gasteiger partial charge in [0.25, 0.3) is 5.91 Å². The van der Waals surface area contributed by atoms with Gasteiger partial charge in [-0.25, -0.2) is 30.4 Å². The molecule has 4 rings (SSSR count). The lowest BCUT2D eigenvalue weighted by atomic mass is 10.2. The van der Waals surface area contributed by atoms with E-state index in [4.69, 9.17) is 9.56 Å². The Hall–Kier alpha value is -3.26. The van der Waals surface area contributed by atoms with Crippen LogP contribution in [-0.4, -0.2) is 48.7 Å². The van der Waals surface area contributed by atoms with E-state index in [9.17, 15) is 30.0 Å². The fourth-order valence-electron chi connectivity index (χ4n) is 3.80. The van der Waals surface area contributed by atoms with Gasteiger partial charge < -0.3 is 9.73 Å².